The highest BCUT2D eigenvalue weighted by Crippen LogP contribution is 2.39. The molecule has 0 saturated heterocycles. The maximum absolute atomic E-state index is 6.18. The van der Waals surface area contributed by atoms with Crippen LogP contribution in [0.2, 0.25) is 0 Å². The van der Waals surface area contributed by atoms with Crippen molar-refractivity contribution in [1.82, 2.24) is 4.57 Å². The summed E-state index contributed by atoms with van der Waals surface area (Å²) in [5.41, 5.74) is 16.1. The second-order valence-corrected chi connectivity index (χ2v) is 15.8. The molecular formula is C60H42N2O. The maximum Gasteiger partial charge on any atom is 0.128 e. The van der Waals surface area contributed by atoms with Crippen LogP contribution in [0.4, 0.5) is 17.1 Å². The predicted octanol–water partition coefficient (Wildman–Crippen LogP) is 16.7. The molecule has 11 aromatic rings. The average molecular weight is 807 g/mol. The number of fused-ring (bicyclic) bond motifs is 3. The van der Waals surface area contributed by atoms with Crippen molar-refractivity contribution in [1.29, 1.82) is 0 Å². The largest absolute Gasteiger partial charge is 0.457 e. The molecule has 0 radical (unpaired) electrons. The van der Waals surface area contributed by atoms with Crippen molar-refractivity contribution in [2.45, 2.75) is 0 Å². The molecule has 1 heterocycles. The van der Waals surface area contributed by atoms with E-state index in [2.05, 4.69) is 222 Å². The van der Waals surface area contributed by atoms with E-state index < -0.39 is 0 Å². The third-order valence-electron chi connectivity index (χ3n) is 11.9. The molecule has 3 nitrogen and oxygen atoms in total. The first-order valence-corrected chi connectivity index (χ1v) is 21.4. The van der Waals surface area contributed by atoms with Gasteiger partial charge < -0.3 is 14.2 Å². The van der Waals surface area contributed by atoms with Crippen LogP contribution in [0.1, 0.15) is 0 Å². The zero-order valence-corrected chi connectivity index (χ0v) is 34.6. The number of aromatic nitrogens is 1. The number of rotatable bonds is 10. The molecule has 0 aliphatic carbocycles. The van der Waals surface area contributed by atoms with Crippen LogP contribution in [0.3, 0.4) is 0 Å². The van der Waals surface area contributed by atoms with Gasteiger partial charge in [-0.25, -0.2) is 0 Å². The quantitative estimate of drug-likeness (QED) is 0.137. The summed E-state index contributed by atoms with van der Waals surface area (Å²) < 4.78 is 8.55. The van der Waals surface area contributed by atoms with E-state index in [1.54, 1.807) is 0 Å². The molecule has 0 bridgehead atoms. The van der Waals surface area contributed by atoms with Crippen LogP contribution >= 0.6 is 0 Å². The Hall–Kier alpha value is -8.40. The topological polar surface area (TPSA) is 17.4 Å². The first kappa shape index (κ1) is 37.6. The van der Waals surface area contributed by atoms with Crippen molar-refractivity contribution in [3.8, 4) is 61.7 Å². The zero-order valence-electron chi connectivity index (χ0n) is 34.6. The first-order chi connectivity index (χ1) is 31.2. The van der Waals surface area contributed by atoms with Crippen LogP contribution in [0.25, 0.3) is 72.0 Å². The number of hydrogen-bond donors (Lipinski definition) is 0. The fourth-order valence-corrected chi connectivity index (χ4v) is 8.73. The molecule has 0 fully saturated rings. The van der Waals surface area contributed by atoms with Crippen molar-refractivity contribution in [3.63, 3.8) is 0 Å². The molecule has 0 atom stereocenters. The van der Waals surface area contributed by atoms with E-state index in [1.807, 2.05) is 42.5 Å². The van der Waals surface area contributed by atoms with Crippen molar-refractivity contribution in [2.24, 2.45) is 0 Å². The smallest absolute Gasteiger partial charge is 0.128 e. The molecule has 63 heavy (non-hydrogen) atoms. The standard InChI is InChI=1S/C60H42N2O/c1-3-13-43(14-4-1)44-25-27-45(28-26-44)46-29-35-51(36-30-46)61(53-39-33-48(34-40-53)50-16-12-20-56(42-50)63-55-18-5-2-6-19-55)52-37-31-47(32-38-52)49-15-11-17-54(41-49)62-59-23-9-7-21-57(59)58-22-8-10-24-60(58)62/h1-42H. The summed E-state index contributed by atoms with van der Waals surface area (Å²) in [5.74, 6) is 1.62. The Balaban J connectivity index is 0.928. The van der Waals surface area contributed by atoms with E-state index in [1.165, 1.54) is 44.1 Å². The summed E-state index contributed by atoms with van der Waals surface area (Å²) in [6.07, 6.45) is 0. The van der Waals surface area contributed by atoms with E-state index in [0.717, 1.165) is 56.5 Å². The summed E-state index contributed by atoms with van der Waals surface area (Å²) in [7, 11) is 0. The highest BCUT2D eigenvalue weighted by Gasteiger charge is 2.16. The minimum atomic E-state index is 0.805. The number of nitrogens with zero attached hydrogens (tertiary/aromatic N) is 2. The molecule has 1 aromatic heterocycles. The van der Waals surface area contributed by atoms with Gasteiger partial charge in [0.15, 0.2) is 0 Å². The third kappa shape index (κ3) is 7.54. The zero-order chi connectivity index (χ0) is 42.0. The minimum Gasteiger partial charge on any atom is -0.457 e. The van der Waals surface area contributed by atoms with Crippen LogP contribution in [0.15, 0.2) is 255 Å². The van der Waals surface area contributed by atoms with Gasteiger partial charge in [0.1, 0.15) is 11.5 Å². The van der Waals surface area contributed by atoms with Crippen molar-refractivity contribution in [3.05, 3.63) is 255 Å². The lowest BCUT2D eigenvalue weighted by atomic mass is 10.00. The fourth-order valence-electron chi connectivity index (χ4n) is 8.73. The summed E-state index contributed by atoms with van der Waals surface area (Å²) >= 11 is 0. The van der Waals surface area contributed by atoms with Crippen LogP contribution in [-0.4, -0.2) is 4.57 Å². The molecule has 0 aliphatic rings. The SMILES string of the molecule is c1ccc(Oc2cccc(-c3ccc(N(c4ccc(-c5ccc(-c6ccccc6)cc5)cc4)c4ccc(-c5cccc(-n6c7ccccc7c7ccccc76)c5)cc4)cc3)c2)cc1. The number of hydrogen-bond acceptors (Lipinski definition) is 2. The summed E-state index contributed by atoms with van der Waals surface area (Å²) in [6.45, 7) is 0. The highest BCUT2D eigenvalue weighted by atomic mass is 16.5. The molecule has 0 spiro atoms. The molecule has 10 aromatic carbocycles. The van der Waals surface area contributed by atoms with Gasteiger partial charge in [-0.15, -0.1) is 0 Å². The van der Waals surface area contributed by atoms with Crippen LogP contribution in [0, 0.1) is 0 Å². The van der Waals surface area contributed by atoms with E-state index in [9.17, 15) is 0 Å². The summed E-state index contributed by atoms with van der Waals surface area (Å²) in [4.78, 5) is 2.33. The van der Waals surface area contributed by atoms with Gasteiger partial charge in [-0.05, 0) is 129 Å². The van der Waals surface area contributed by atoms with E-state index in [-0.39, 0.29) is 0 Å². The van der Waals surface area contributed by atoms with Gasteiger partial charge in [0.2, 0.25) is 0 Å². The van der Waals surface area contributed by atoms with Gasteiger partial charge in [-0.3, -0.25) is 0 Å². The number of benzene rings is 10. The number of ether oxygens (including phenoxy) is 1. The number of anilines is 3. The molecule has 11 rings (SSSR count). The first-order valence-electron chi connectivity index (χ1n) is 21.4. The molecule has 0 amide bonds. The van der Waals surface area contributed by atoms with E-state index >= 15 is 0 Å². The van der Waals surface area contributed by atoms with Crippen LogP contribution in [-0.2, 0) is 0 Å². The normalized spacial score (nSPS) is 11.2. The lowest BCUT2D eigenvalue weighted by molar-refractivity contribution is 0.483. The lowest BCUT2D eigenvalue weighted by Gasteiger charge is -2.26. The molecule has 298 valence electrons. The minimum absolute atomic E-state index is 0.805. The Labute approximate surface area is 368 Å². The van der Waals surface area contributed by atoms with Gasteiger partial charge >= 0.3 is 0 Å². The molecule has 3 heteroatoms. The van der Waals surface area contributed by atoms with Crippen molar-refractivity contribution < 1.29 is 4.74 Å². The Kier molecular flexibility index (Phi) is 9.89. The third-order valence-corrected chi connectivity index (χ3v) is 11.9. The van der Waals surface area contributed by atoms with Crippen molar-refractivity contribution in [2.75, 3.05) is 4.90 Å². The Bertz CT molecular complexity index is 3260. The van der Waals surface area contributed by atoms with E-state index in [4.69, 9.17) is 4.74 Å². The molecule has 0 N–H and O–H groups in total. The fraction of sp³-hybridized carbons (Fsp3) is 0. The predicted molar refractivity (Wildman–Crippen MR) is 264 cm³/mol. The second kappa shape index (κ2) is 16.6. The highest BCUT2D eigenvalue weighted by molar-refractivity contribution is 6.09. The van der Waals surface area contributed by atoms with Gasteiger partial charge in [0, 0.05) is 33.5 Å². The second-order valence-electron chi connectivity index (χ2n) is 15.8. The summed E-state index contributed by atoms with van der Waals surface area (Å²) in [6, 6.07) is 90.4. The Morgan fingerprint density at radius 2 is 0.635 bits per heavy atom. The molecule has 0 saturated carbocycles. The van der Waals surface area contributed by atoms with Crippen LogP contribution in [0.5, 0.6) is 11.5 Å². The molecular weight excluding hydrogens is 765 g/mol. The van der Waals surface area contributed by atoms with Gasteiger partial charge in [0.05, 0.1) is 11.0 Å². The number of para-hydroxylation sites is 3. The monoisotopic (exact) mass is 806 g/mol. The van der Waals surface area contributed by atoms with E-state index in [0.29, 0.717) is 0 Å². The molecule has 0 unspecified atom stereocenters. The summed E-state index contributed by atoms with van der Waals surface area (Å²) in [5, 5.41) is 2.52. The Morgan fingerprint density at radius 3 is 1.16 bits per heavy atom. The van der Waals surface area contributed by atoms with Gasteiger partial charge in [0.25, 0.3) is 0 Å². The van der Waals surface area contributed by atoms with Gasteiger partial charge in [-0.1, -0.05) is 170 Å². The van der Waals surface area contributed by atoms with Gasteiger partial charge in [-0.2, -0.15) is 0 Å². The molecule has 0 aliphatic heterocycles. The van der Waals surface area contributed by atoms with Crippen LogP contribution < -0.4 is 9.64 Å². The van der Waals surface area contributed by atoms with Crippen molar-refractivity contribution >= 4 is 38.9 Å². The Morgan fingerprint density at radius 1 is 0.270 bits per heavy atom. The average Bonchev–Trinajstić information content (AvgIpc) is 3.70. The lowest BCUT2D eigenvalue weighted by Crippen LogP contribution is -2.09. The maximum atomic E-state index is 6.18.